The van der Waals surface area contributed by atoms with Gasteiger partial charge in [-0.25, -0.2) is 9.67 Å². The van der Waals surface area contributed by atoms with Gasteiger partial charge in [0.25, 0.3) is 0 Å². The van der Waals surface area contributed by atoms with Crippen LogP contribution in [0.25, 0.3) is 5.69 Å². The number of nitrogens with one attached hydrogen (secondary N) is 2. The second-order valence-corrected chi connectivity index (χ2v) is 8.36. The minimum absolute atomic E-state index is 0. The SMILES string of the molecule is CCNC(=NCc1ccccc1-n1nc(C)cc1C)NCC(C)N1CCN(CC)CC1.I. The van der Waals surface area contributed by atoms with E-state index in [0.717, 1.165) is 74.4 Å². The predicted octanol–water partition coefficient (Wildman–Crippen LogP) is 3.19. The number of hydrogen-bond donors (Lipinski definition) is 2. The first-order chi connectivity index (χ1) is 15.0. The van der Waals surface area contributed by atoms with Crippen molar-refractivity contribution in [3.8, 4) is 5.69 Å². The van der Waals surface area contributed by atoms with Gasteiger partial charge < -0.3 is 15.5 Å². The summed E-state index contributed by atoms with van der Waals surface area (Å²) in [5, 5.41) is 11.6. The lowest BCUT2D eigenvalue weighted by molar-refractivity contribution is 0.107. The Morgan fingerprint density at radius 1 is 1.09 bits per heavy atom. The Labute approximate surface area is 210 Å². The third-order valence-electron chi connectivity index (χ3n) is 6.02. The first kappa shape index (κ1) is 26.6. The zero-order valence-electron chi connectivity index (χ0n) is 20.3. The Morgan fingerprint density at radius 2 is 1.81 bits per heavy atom. The van der Waals surface area contributed by atoms with Gasteiger partial charge in [-0.15, -0.1) is 24.0 Å². The minimum atomic E-state index is 0. The van der Waals surface area contributed by atoms with Gasteiger partial charge in [-0.05, 0) is 51.9 Å². The Hall–Kier alpha value is -1.65. The molecule has 3 rings (SSSR count). The molecule has 1 aromatic heterocycles. The molecule has 2 heterocycles. The van der Waals surface area contributed by atoms with Gasteiger partial charge in [0.2, 0.25) is 0 Å². The lowest BCUT2D eigenvalue weighted by atomic mass is 10.2. The summed E-state index contributed by atoms with van der Waals surface area (Å²) >= 11 is 0. The first-order valence-electron chi connectivity index (χ1n) is 11.6. The van der Waals surface area contributed by atoms with E-state index in [1.165, 1.54) is 0 Å². The average molecular weight is 554 g/mol. The van der Waals surface area contributed by atoms with Gasteiger partial charge in [0.1, 0.15) is 0 Å². The van der Waals surface area contributed by atoms with E-state index in [0.29, 0.717) is 12.6 Å². The number of aliphatic imine (C=N–C) groups is 1. The van der Waals surface area contributed by atoms with Crippen LogP contribution in [-0.2, 0) is 6.54 Å². The number of rotatable bonds is 8. The predicted molar refractivity (Wildman–Crippen MR) is 144 cm³/mol. The monoisotopic (exact) mass is 553 g/mol. The molecule has 1 fully saturated rings. The molecule has 2 N–H and O–H groups in total. The minimum Gasteiger partial charge on any atom is -0.357 e. The first-order valence-corrected chi connectivity index (χ1v) is 11.6. The highest BCUT2D eigenvalue weighted by molar-refractivity contribution is 14.0. The summed E-state index contributed by atoms with van der Waals surface area (Å²) in [4.78, 5) is 9.96. The molecular weight excluding hydrogens is 513 g/mol. The quantitative estimate of drug-likeness (QED) is 0.299. The normalized spacial score (nSPS) is 16.5. The van der Waals surface area contributed by atoms with Crippen molar-refractivity contribution in [2.24, 2.45) is 4.99 Å². The standard InChI is InChI=1S/C24H39N7.HI/c1-6-25-24(26-17-21(5)30-14-12-29(7-2)13-15-30)27-18-22-10-8-9-11-23(22)31-20(4)16-19(3)28-31;/h8-11,16,21H,6-7,12-15,17-18H2,1-5H3,(H2,25,26,27);1H. The number of likely N-dealkylation sites (N-methyl/N-ethyl adjacent to an activating group) is 1. The molecule has 0 radical (unpaired) electrons. The van der Waals surface area contributed by atoms with E-state index in [4.69, 9.17) is 4.99 Å². The zero-order valence-corrected chi connectivity index (χ0v) is 22.6. The second-order valence-electron chi connectivity index (χ2n) is 8.36. The number of nitrogens with zero attached hydrogens (tertiary/aromatic N) is 5. The van der Waals surface area contributed by atoms with Crippen molar-refractivity contribution in [3.63, 3.8) is 0 Å². The fraction of sp³-hybridized carbons (Fsp3) is 0.583. The third-order valence-corrected chi connectivity index (χ3v) is 6.02. The van der Waals surface area contributed by atoms with E-state index in [2.05, 4.69) is 83.6 Å². The van der Waals surface area contributed by atoms with Crippen molar-refractivity contribution in [2.45, 2.75) is 47.2 Å². The van der Waals surface area contributed by atoms with Crippen LogP contribution in [0.3, 0.4) is 0 Å². The number of hydrogen-bond acceptors (Lipinski definition) is 4. The molecule has 178 valence electrons. The van der Waals surface area contributed by atoms with Crippen molar-refractivity contribution in [2.75, 3.05) is 45.8 Å². The fourth-order valence-corrected chi connectivity index (χ4v) is 4.12. The van der Waals surface area contributed by atoms with E-state index in [9.17, 15) is 0 Å². The van der Waals surface area contributed by atoms with Crippen molar-refractivity contribution in [1.29, 1.82) is 0 Å². The Kier molecular flexibility index (Phi) is 10.9. The Balaban J connectivity index is 0.00000363. The lowest BCUT2D eigenvalue weighted by Crippen LogP contribution is -2.53. The van der Waals surface area contributed by atoms with Crippen molar-refractivity contribution in [1.82, 2.24) is 30.2 Å². The van der Waals surface area contributed by atoms with Crippen LogP contribution in [0.4, 0.5) is 0 Å². The van der Waals surface area contributed by atoms with E-state index in [1.54, 1.807) is 0 Å². The molecule has 0 bridgehead atoms. The van der Waals surface area contributed by atoms with Gasteiger partial charge in [0.05, 0.1) is 17.9 Å². The number of guanidine groups is 1. The van der Waals surface area contributed by atoms with Crippen LogP contribution in [0.15, 0.2) is 35.3 Å². The smallest absolute Gasteiger partial charge is 0.191 e. The van der Waals surface area contributed by atoms with Gasteiger partial charge in [-0.3, -0.25) is 4.90 Å². The van der Waals surface area contributed by atoms with Gasteiger partial charge in [0, 0.05) is 51.0 Å². The summed E-state index contributed by atoms with van der Waals surface area (Å²) in [5.41, 5.74) is 4.42. The van der Waals surface area contributed by atoms with Crippen molar-refractivity contribution >= 4 is 29.9 Å². The van der Waals surface area contributed by atoms with Crippen LogP contribution in [0.2, 0.25) is 0 Å². The summed E-state index contributed by atoms with van der Waals surface area (Å²) in [6.45, 7) is 18.9. The average Bonchev–Trinajstić information content (AvgIpc) is 3.13. The maximum atomic E-state index is 4.88. The van der Waals surface area contributed by atoms with Gasteiger partial charge in [-0.1, -0.05) is 25.1 Å². The third kappa shape index (κ3) is 7.18. The van der Waals surface area contributed by atoms with Crippen molar-refractivity contribution in [3.05, 3.63) is 47.3 Å². The molecule has 8 heteroatoms. The molecule has 1 saturated heterocycles. The summed E-state index contributed by atoms with van der Waals surface area (Å²) < 4.78 is 2.01. The van der Waals surface area contributed by atoms with Gasteiger partial charge in [-0.2, -0.15) is 5.10 Å². The number of aryl methyl sites for hydroxylation is 2. The maximum Gasteiger partial charge on any atom is 0.191 e. The maximum absolute atomic E-state index is 4.88. The summed E-state index contributed by atoms with van der Waals surface area (Å²) in [5.74, 6) is 0.865. The van der Waals surface area contributed by atoms with Crippen LogP contribution >= 0.6 is 24.0 Å². The second kappa shape index (κ2) is 13.2. The summed E-state index contributed by atoms with van der Waals surface area (Å²) in [6.07, 6.45) is 0. The molecule has 2 aromatic rings. The highest BCUT2D eigenvalue weighted by Gasteiger charge is 2.20. The molecule has 1 atom stereocenters. The highest BCUT2D eigenvalue weighted by atomic mass is 127. The molecule has 0 amide bonds. The largest absolute Gasteiger partial charge is 0.357 e. The highest BCUT2D eigenvalue weighted by Crippen LogP contribution is 2.17. The number of halogens is 1. The van der Waals surface area contributed by atoms with E-state index in [1.807, 2.05) is 11.6 Å². The van der Waals surface area contributed by atoms with Crippen LogP contribution in [-0.4, -0.2) is 77.4 Å². The number of para-hydroxylation sites is 1. The van der Waals surface area contributed by atoms with Crippen molar-refractivity contribution < 1.29 is 0 Å². The van der Waals surface area contributed by atoms with E-state index >= 15 is 0 Å². The summed E-state index contributed by atoms with van der Waals surface area (Å²) in [7, 11) is 0. The van der Waals surface area contributed by atoms with Crippen LogP contribution in [0.1, 0.15) is 37.7 Å². The number of aromatic nitrogens is 2. The number of piperazine rings is 1. The molecule has 0 aliphatic carbocycles. The van der Waals surface area contributed by atoms with Gasteiger partial charge >= 0.3 is 0 Å². The van der Waals surface area contributed by atoms with E-state index in [-0.39, 0.29) is 24.0 Å². The molecule has 0 spiro atoms. The molecule has 7 nitrogen and oxygen atoms in total. The lowest BCUT2D eigenvalue weighted by Gasteiger charge is -2.37. The molecule has 0 saturated carbocycles. The molecule has 1 aromatic carbocycles. The Morgan fingerprint density at radius 3 is 2.44 bits per heavy atom. The molecule has 1 unspecified atom stereocenters. The Bertz CT molecular complexity index is 856. The van der Waals surface area contributed by atoms with Gasteiger partial charge in [0.15, 0.2) is 5.96 Å². The van der Waals surface area contributed by atoms with Crippen LogP contribution in [0.5, 0.6) is 0 Å². The topological polar surface area (TPSA) is 60.7 Å². The fourth-order valence-electron chi connectivity index (χ4n) is 4.12. The van der Waals surface area contributed by atoms with Crippen LogP contribution < -0.4 is 10.6 Å². The molecule has 32 heavy (non-hydrogen) atoms. The summed E-state index contributed by atoms with van der Waals surface area (Å²) in [6, 6.07) is 11.0. The molecular formula is C24H40IN7. The molecule has 1 aliphatic heterocycles. The zero-order chi connectivity index (χ0) is 22.2. The van der Waals surface area contributed by atoms with E-state index < -0.39 is 0 Å². The number of benzene rings is 1. The van der Waals surface area contributed by atoms with Crippen LogP contribution in [0, 0.1) is 13.8 Å². The molecule has 1 aliphatic rings.